The summed E-state index contributed by atoms with van der Waals surface area (Å²) in [6, 6.07) is 1.30. The zero-order valence-electron chi connectivity index (χ0n) is 10.7. The predicted octanol–water partition coefficient (Wildman–Crippen LogP) is 1.49. The van der Waals surface area contributed by atoms with E-state index in [1.54, 1.807) is 0 Å². The third kappa shape index (κ3) is 3.19. The Bertz CT molecular complexity index is 210. The minimum absolute atomic E-state index is 0.595. The van der Waals surface area contributed by atoms with Gasteiger partial charge in [0.15, 0.2) is 0 Å². The molecule has 0 spiro atoms. The Kier molecular flexibility index (Phi) is 4.62. The maximum absolute atomic E-state index is 5.48. The number of ether oxygens (including phenoxy) is 1. The number of hydrogen-bond donors (Lipinski definition) is 1. The molecule has 2 fully saturated rings. The fraction of sp³-hybridized carbons (Fsp3) is 1.00. The van der Waals surface area contributed by atoms with Gasteiger partial charge in [0.25, 0.3) is 0 Å². The summed E-state index contributed by atoms with van der Waals surface area (Å²) in [4.78, 5) is 2.58. The first-order chi connectivity index (χ1) is 7.79. The Morgan fingerprint density at radius 1 is 1.44 bits per heavy atom. The molecule has 3 unspecified atom stereocenters. The van der Waals surface area contributed by atoms with E-state index in [4.69, 9.17) is 4.74 Å². The lowest BCUT2D eigenvalue weighted by atomic mass is 9.90. The van der Waals surface area contributed by atoms with Gasteiger partial charge in [-0.15, -0.1) is 0 Å². The van der Waals surface area contributed by atoms with Gasteiger partial charge in [0.1, 0.15) is 0 Å². The molecule has 0 aromatic rings. The summed E-state index contributed by atoms with van der Waals surface area (Å²) in [5.41, 5.74) is 0. The first-order valence-corrected chi connectivity index (χ1v) is 6.84. The molecular formula is C13H26N2O. The highest BCUT2D eigenvalue weighted by Gasteiger charge is 2.25. The van der Waals surface area contributed by atoms with E-state index in [2.05, 4.69) is 24.1 Å². The third-order valence-corrected chi connectivity index (χ3v) is 4.14. The highest BCUT2D eigenvalue weighted by Crippen LogP contribution is 2.20. The van der Waals surface area contributed by atoms with Crippen LogP contribution < -0.4 is 5.32 Å². The molecular weight excluding hydrogens is 200 g/mol. The van der Waals surface area contributed by atoms with Crippen LogP contribution in [-0.2, 0) is 4.74 Å². The number of piperidine rings is 1. The zero-order valence-corrected chi connectivity index (χ0v) is 10.7. The number of rotatable bonds is 3. The first-order valence-electron chi connectivity index (χ1n) is 6.84. The molecule has 16 heavy (non-hydrogen) atoms. The second kappa shape index (κ2) is 5.99. The molecule has 2 heterocycles. The van der Waals surface area contributed by atoms with Gasteiger partial charge in [-0.1, -0.05) is 13.3 Å². The highest BCUT2D eigenvalue weighted by atomic mass is 16.5. The average molecular weight is 226 g/mol. The van der Waals surface area contributed by atoms with Crippen LogP contribution >= 0.6 is 0 Å². The van der Waals surface area contributed by atoms with E-state index in [0.29, 0.717) is 12.1 Å². The first kappa shape index (κ1) is 12.3. The lowest BCUT2D eigenvalue weighted by molar-refractivity contribution is -0.00673. The molecule has 1 N–H and O–H groups in total. The van der Waals surface area contributed by atoms with Crippen LogP contribution in [0.25, 0.3) is 0 Å². The molecule has 3 nitrogen and oxygen atoms in total. The summed E-state index contributed by atoms with van der Waals surface area (Å²) in [5, 5.41) is 3.67. The Labute approximate surface area is 99.5 Å². The molecule has 3 heteroatoms. The van der Waals surface area contributed by atoms with Crippen LogP contribution in [0.5, 0.6) is 0 Å². The Hall–Kier alpha value is -0.120. The quantitative estimate of drug-likeness (QED) is 0.789. The molecule has 0 saturated carbocycles. The van der Waals surface area contributed by atoms with E-state index in [0.717, 1.165) is 25.7 Å². The van der Waals surface area contributed by atoms with Gasteiger partial charge in [-0.25, -0.2) is 0 Å². The average Bonchev–Trinajstić information content (AvgIpc) is 2.32. The third-order valence-electron chi connectivity index (χ3n) is 4.14. The molecule has 2 rings (SSSR count). The van der Waals surface area contributed by atoms with Gasteiger partial charge >= 0.3 is 0 Å². The second-order valence-electron chi connectivity index (χ2n) is 5.37. The maximum Gasteiger partial charge on any atom is 0.0619 e. The lowest BCUT2D eigenvalue weighted by Crippen LogP contribution is -2.52. The van der Waals surface area contributed by atoms with Crippen LogP contribution in [0.2, 0.25) is 0 Å². The summed E-state index contributed by atoms with van der Waals surface area (Å²) in [5.74, 6) is 0.947. The molecule has 0 aliphatic carbocycles. The molecule has 0 aromatic heterocycles. The van der Waals surface area contributed by atoms with Crippen molar-refractivity contribution in [1.29, 1.82) is 0 Å². The molecule has 94 valence electrons. The molecule has 2 aliphatic heterocycles. The van der Waals surface area contributed by atoms with Crippen LogP contribution in [0.15, 0.2) is 0 Å². The van der Waals surface area contributed by atoms with Crippen molar-refractivity contribution in [3.63, 3.8) is 0 Å². The van der Waals surface area contributed by atoms with Crippen molar-refractivity contribution < 1.29 is 4.74 Å². The highest BCUT2D eigenvalue weighted by molar-refractivity contribution is 4.83. The Morgan fingerprint density at radius 3 is 3.06 bits per heavy atom. The molecule has 3 atom stereocenters. The monoisotopic (exact) mass is 226 g/mol. The SMILES string of the molecule is CCC1CCNC(CN2CCOCC2C)C1. The van der Waals surface area contributed by atoms with Crippen LogP contribution in [0, 0.1) is 5.92 Å². The van der Waals surface area contributed by atoms with Crippen LogP contribution in [-0.4, -0.2) is 49.8 Å². The topological polar surface area (TPSA) is 24.5 Å². The fourth-order valence-electron chi connectivity index (χ4n) is 2.92. The summed E-state index contributed by atoms with van der Waals surface area (Å²) in [7, 11) is 0. The summed E-state index contributed by atoms with van der Waals surface area (Å²) < 4.78 is 5.48. The zero-order chi connectivity index (χ0) is 11.4. The molecule has 2 aliphatic rings. The molecule has 0 bridgehead atoms. The minimum atomic E-state index is 0.595. The number of morpholine rings is 1. The van der Waals surface area contributed by atoms with Gasteiger partial charge in [0.2, 0.25) is 0 Å². The van der Waals surface area contributed by atoms with Crippen molar-refractivity contribution in [2.45, 2.75) is 45.2 Å². The van der Waals surface area contributed by atoms with Gasteiger partial charge in [0, 0.05) is 25.2 Å². The number of nitrogens with one attached hydrogen (secondary N) is 1. The maximum atomic E-state index is 5.48. The summed E-state index contributed by atoms with van der Waals surface area (Å²) in [6.07, 6.45) is 4.07. The largest absolute Gasteiger partial charge is 0.379 e. The van der Waals surface area contributed by atoms with Crippen LogP contribution in [0.1, 0.15) is 33.1 Å². The summed E-state index contributed by atoms with van der Waals surface area (Å²) in [6.45, 7) is 9.95. The van der Waals surface area contributed by atoms with Crippen molar-refractivity contribution in [3.8, 4) is 0 Å². The number of nitrogens with zero attached hydrogens (tertiary/aromatic N) is 1. The normalized spacial score (nSPS) is 37.5. The lowest BCUT2D eigenvalue weighted by Gasteiger charge is -2.38. The summed E-state index contributed by atoms with van der Waals surface area (Å²) >= 11 is 0. The van der Waals surface area contributed by atoms with Crippen LogP contribution in [0.3, 0.4) is 0 Å². The fourth-order valence-corrected chi connectivity index (χ4v) is 2.92. The molecule has 0 aromatic carbocycles. The van der Waals surface area contributed by atoms with Crippen molar-refractivity contribution in [1.82, 2.24) is 10.2 Å². The van der Waals surface area contributed by atoms with Gasteiger partial charge in [0.05, 0.1) is 13.2 Å². The second-order valence-corrected chi connectivity index (χ2v) is 5.37. The van der Waals surface area contributed by atoms with E-state index in [9.17, 15) is 0 Å². The minimum Gasteiger partial charge on any atom is -0.379 e. The van der Waals surface area contributed by atoms with Crippen LogP contribution in [0.4, 0.5) is 0 Å². The molecule has 0 radical (unpaired) electrons. The van der Waals surface area contributed by atoms with Gasteiger partial charge < -0.3 is 10.1 Å². The molecule has 0 amide bonds. The van der Waals surface area contributed by atoms with Gasteiger partial charge in [-0.2, -0.15) is 0 Å². The standard InChI is InChI=1S/C13H26N2O/c1-3-12-4-5-14-13(8-12)9-15-6-7-16-10-11(15)2/h11-14H,3-10H2,1-2H3. The molecule has 2 saturated heterocycles. The van der Waals surface area contributed by atoms with Crippen molar-refractivity contribution >= 4 is 0 Å². The van der Waals surface area contributed by atoms with E-state index < -0.39 is 0 Å². The van der Waals surface area contributed by atoms with Crippen molar-refractivity contribution in [3.05, 3.63) is 0 Å². The Morgan fingerprint density at radius 2 is 2.31 bits per heavy atom. The van der Waals surface area contributed by atoms with E-state index in [1.807, 2.05) is 0 Å². The van der Waals surface area contributed by atoms with E-state index in [1.165, 1.54) is 32.4 Å². The number of hydrogen-bond acceptors (Lipinski definition) is 3. The van der Waals surface area contributed by atoms with E-state index in [-0.39, 0.29) is 0 Å². The smallest absolute Gasteiger partial charge is 0.0619 e. The van der Waals surface area contributed by atoms with Crippen molar-refractivity contribution in [2.24, 2.45) is 5.92 Å². The van der Waals surface area contributed by atoms with Gasteiger partial charge in [-0.3, -0.25) is 4.90 Å². The van der Waals surface area contributed by atoms with Gasteiger partial charge in [-0.05, 0) is 32.2 Å². The van der Waals surface area contributed by atoms with Crippen molar-refractivity contribution in [2.75, 3.05) is 32.8 Å². The van der Waals surface area contributed by atoms with E-state index >= 15 is 0 Å². The predicted molar refractivity (Wildman–Crippen MR) is 66.7 cm³/mol. The Balaban J connectivity index is 1.79.